The number of nitrogens with zero attached hydrogens (tertiary/aromatic N) is 2. The molecule has 0 spiro atoms. The fourth-order valence-corrected chi connectivity index (χ4v) is 4.41. The van der Waals surface area contributed by atoms with Gasteiger partial charge in [0.25, 0.3) is 5.91 Å². The summed E-state index contributed by atoms with van der Waals surface area (Å²) >= 11 is 6.20. The Bertz CT molecular complexity index is 1360. The first-order valence-corrected chi connectivity index (χ1v) is 11.0. The highest BCUT2D eigenvalue weighted by Crippen LogP contribution is 2.34. The second-order valence-corrected chi connectivity index (χ2v) is 8.26. The van der Waals surface area contributed by atoms with E-state index in [0.29, 0.717) is 40.5 Å². The molecule has 6 nitrogen and oxygen atoms in total. The number of pyridine rings is 1. The summed E-state index contributed by atoms with van der Waals surface area (Å²) in [7, 11) is 1.36. The summed E-state index contributed by atoms with van der Waals surface area (Å²) in [5.41, 5.74) is 10.8. The summed E-state index contributed by atoms with van der Waals surface area (Å²) in [5, 5.41) is 1.62. The van der Waals surface area contributed by atoms with Crippen molar-refractivity contribution in [3.63, 3.8) is 0 Å². The highest BCUT2D eigenvalue weighted by atomic mass is 35.5. The molecule has 2 N–H and O–H groups in total. The van der Waals surface area contributed by atoms with Crippen molar-refractivity contribution in [1.29, 1.82) is 0 Å². The van der Waals surface area contributed by atoms with Crippen molar-refractivity contribution < 1.29 is 14.3 Å². The van der Waals surface area contributed by atoms with Crippen LogP contribution in [0.4, 0.5) is 0 Å². The van der Waals surface area contributed by atoms with Crippen LogP contribution in [0.15, 0.2) is 60.7 Å². The first kappa shape index (κ1) is 22.6. The molecule has 0 aliphatic rings. The predicted octanol–water partition coefficient (Wildman–Crippen LogP) is 4.92. The number of carbonyl (C=O) groups is 2. The number of hydrogen-bond donors (Lipinski definition) is 1. The number of methoxy groups -OCH3 is 1. The summed E-state index contributed by atoms with van der Waals surface area (Å²) in [5.74, 6) is -0.872. The molecule has 0 bridgehead atoms. The van der Waals surface area contributed by atoms with E-state index in [1.165, 1.54) is 7.11 Å². The van der Waals surface area contributed by atoms with E-state index >= 15 is 0 Å². The number of esters is 1. The zero-order chi connectivity index (χ0) is 23.5. The van der Waals surface area contributed by atoms with Crippen molar-refractivity contribution in [2.45, 2.75) is 26.3 Å². The third-order valence-corrected chi connectivity index (χ3v) is 5.99. The number of fused-ring (bicyclic) bond motifs is 1. The van der Waals surface area contributed by atoms with Crippen molar-refractivity contribution in [3.05, 3.63) is 88.2 Å². The number of para-hydroxylation sites is 1. The molecule has 4 aromatic rings. The van der Waals surface area contributed by atoms with E-state index in [1.807, 2.05) is 72.2 Å². The number of carbonyl (C=O) groups excluding carboxylic acids is 2. The van der Waals surface area contributed by atoms with Crippen LogP contribution in [0.1, 0.15) is 33.7 Å². The minimum Gasteiger partial charge on any atom is -0.469 e. The second-order valence-electron chi connectivity index (χ2n) is 7.83. The van der Waals surface area contributed by atoms with Gasteiger partial charge in [-0.3, -0.25) is 9.59 Å². The largest absolute Gasteiger partial charge is 0.469 e. The van der Waals surface area contributed by atoms with Gasteiger partial charge in [-0.2, -0.15) is 0 Å². The van der Waals surface area contributed by atoms with E-state index < -0.39 is 5.91 Å². The molecule has 168 valence electrons. The molecule has 0 aliphatic carbocycles. The lowest BCUT2D eigenvalue weighted by Gasteiger charge is -2.13. The maximum Gasteiger partial charge on any atom is 0.305 e. The zero-order valence-electron chi connectivity index (χ0n) is 18.5. The first-order valence-electron chi connectivity index (χ1n) is 10.6. The molecule has 0 saturated heterocycles. The third kappa shape index (κ3) is 4.61. The Hall–Kier alpha value is -3.64. The Morgan fingerprint density at radius 2 is 1.88 bits per heavy atom. The number of hydrogen-bond acceptors (Lipinski definition) is 4. The van der Waals surface area contributed by atoms with E-state index in [0.717, 1.165) is 22.2 Å². The molecular weight excluding hydrogens is 438 g/mol. The lowest BCUT2D eigenvalue weighted by molar-refractivity contribution is -0.140. The van der Waals surface area contributed by atoms with Gasteiger partial charge in [0.1, 0.15) is 0 Å². The number of amides is 1. The lowest BCUT2D eigenvalue weighted by atomic mass is 10.0. The maximum absolute atomic E-state index is 12.6. The molecule has 2 aromatic heterocycles. The fraction of sp³-hybridized carbons (Fsp3) is 0.192. The summed E-state index contributed by atoms with van der Waals surface area (Å²) in [6.45, 7) is 2.33. The molecular formula is C26H24ClN3O3. The van der Waals surface area contributed by atoms with Crippen LogP contribution in [-0.2, 0) is 22.5 Å². The van der Waals surface area contributed by atoms with Crippen LogP contribution < -0.4 is 5.73 Å². The topological polar surface area (TPSA) is 87.2 Å². The number of halogens is 1. The predicted molar refractivity (Wildman–Crippen MR) is 129 cm³/mol. The SMILES string of the molecule is COC(=O)CCc1c(-c2ccc3ccccc3n2)c(C(N)=O)c(C)n1Cc1cccc(Cl)c1. The van der Waals surface area contributed by atoms with Crippen LogP contribution in [0.2, 0.25) is 5.02 Å². The number of primary amides is 1. The van der Waals surface area contributed by atoms with Gasteiger partial charge in [0.2, 0.25) is 0 Å². The van der Waals surface area contributed by atoms with Gasteiger partial charge >= 0.3 is 5.97 Å². The van der Waals surface area contributed by atoms with Gasteiger partial charge < -0.3 is 15.0 Å². The maximum atomic E-state index is 12.6. The summed E-state index contributed by atoms with van der Waals surface area (Å²) in [4.78, 5) is 29.4. The number of ether oxygens (including phenoxy) is 1. The van der Waals surface area contributed by atoms with Gasteiger partial charge in [-0.05, 0) is 43.2 Å². The standard InChI is InChI=1S/C26H24ClN3O3/c1-16-24(26(28)32)25(21-11-10-18-7-3-4-9-20(18)29-21)22(12-13-23(31)33-2)30(16)15-17-6-5-8-19(27)14-17/h3-11,14H,12-13,15H2,1-2H3,(H2,28,32). The van der Waals surface area contributed by atoms with Crippen molar-refractivity contribution in [2.24, 2.45) is 5.73 Å². The second kappa shape index (κ2) is 9.46. The molecule has 33 heavy (non-hydrogen) atoms. The minimum absolute atomic E-state index is 0.161. The van der Waals surface area contributed by atoms with Gasteiger partial charge in [0, 0.05) is 33.9 Å². The molecule has 0 aliphatic heterocycles. The number of rotatable bonds is 7. The van der Waals surface area contributed by atoms with E-state index in [-0.39, 0.29) is 12.4 Å². The third-order valence-electron chi connectivity index (χ3n) is 5.76. The van der Waals surface area contributed by atoms with Crippen LogP contribution in [0.3, 0.4) is 0 Å². The Morgan fingerprint density at radius 1 is 1.09 bits per heavy atom. The highest BCUT2D eigenvalue weighted by Gasteiger charge is 2.26. The monoisotopic (exact) mass is 461 g/mol. The first-order chi connectivity index (χ1) is 15.9. The van der Waals surface area contributed by atoms with Crippen LogP contribution in [0, 0.1) is 6.92 Å². The summed E-state index contributed by atoms with van der Waals surface area (Å²) < 4.78 is 6.88. The molecule has 0 unspecified atom stereocenters. The Labute approximate surface area is 197 Å². The van der Waals surface area contributed by atoms with Crippen LogP contribution >= 0.6 is 11.6 Å². The molecule has 2 heterocycles. The molecule has 0 atom stereocenters. The van der Waals surface area contributed by atoms with Crippen molar-refractivity contribution in [3.8, 4) is 11.3 Å². The minimum atomic E-state index is -0.540. The number of aromatic nitrogens is 2. The van der Waals surface area contributed by atoms with Gasteiger partial charge in [-0.1, -0.05) is 48.0 Å². The fourth-order valence-electron chi connectivity index (χ4n) is 4.19. The molecule has 7 heteroatoms. The van der Waals surface area contributed by atoms with E-state index in [1.54, 1.807) is 0 Å². The Balaban J connectivity index is 1.93. The van der Waals surface area contributed by atoms with Crippen molar-refractivity contribution >= 4 is 34.4 Å². The van der Waals surface area contributed by atoms with Crippen LogP contribution in [-0.4, -0.2) is 28.5 Å². The van der Waals surface area contributed by atoms with E-state index in [2.05, 4.69) is 0 Å². The molecule has 0 saturated carbocycles. The quantitative estimate of drug-likeness (QED) is 0.396. The van der Waals surface area contributed by atoms with E-state index in [9.17, 15) is 9.59 Å². The molecule has 1 amide bonds. The van der Waals surface area contributed by atoms with Crippen molar-refractivity contribution in [2.75, 3.05) is 7.11 Å². The van der Waals surface area contributed by atoms with Gasteiger partial charge in [0.05, 0.1) is 30.3 Å². The summed E-state index contributed by atoms with van der Waals surface area (Å²) in [6, 6.07) is 19.2. The zero-order valence-corrected chi connectivity index (χ0v) is 19.2. The Morgan fingerprint density at radius 3 is 2.61 bits per heavy atom. The molecule has 4 rings (SSSR count). The van der Waals surface area contributed by atoms with Gasteiger partial charge in [-0.25, -0.2) is 4.98 Å². The normalized spacial score (nSPS) is 11.0. The highest BCUT2D eigenvalue weighted by molar-refractivity contribution is 6.30. The smallest absolute Gasteiger partial charge is 0.305 e. The van der Waals surface area contributed by atoms with Gasteiger partial charge in [0.15, 0.2) is 0 Å². The molecule has 0 radical (unpaired) electrons. The van der Waals surface area contributed by atoms with E-state index in [4.69, 9.17) is 27.1 Å². The van der Waals surface area contributed by atoms with Crippen LogP contribution in [0.25, 0.3) is 22.2 Å². The van der Waals surface area contributed by atoms with Crippen molar-refractivity contribution in [1.82, 2.24) is 9.55 Å². The summed E-state index contributed by atoms with van der Waals surface area (Å²) in [6.07, 6.45) is 0.527. The lowest BCUT2D eigenvalue weighted by Crippen LogP contribution is -2.14. The number of nitrogens with two attached hydrogens (primary N) is 1. The average molecular weight is 462 g/mol. The van der Waals surface area contributed by atoms with Crippen LogP contribution in [0.5, 0.6) is 0 Å². The van der Waals surface area contributed by atoms with Gasteiger partial charge in [-0.15, -0.1) is 0 Å². The molecule has 2 aromatic carbocycles. The Kier molecular flexibility index (Phi) is 6.47. The number of benzene rings is 2. The average Bonchev–Trinajstić information content (AvgIpc) is 3.08. The molecule has 0 fully saturated rings.